The molecule has 12 heavy (non-hydrogen) atoms. The van der Waals surface area contributed by atoms with E-state index in [0.717, 1.165) is 13.1 Å². The van der Waals surface area contributed by atoms with Crippen LogP contribution in [0, 0.1) is 0 Å². The van der Waals surface area contributed by atoms with Crippen LogP contribution in [-0.4, -0.2) is 23.5 Å². The minimum Gasteiger partial charge on any atom is -0.360 e. The molecule has 71 valence electrons. The fourth-order valence-electron chi connectivity index (χ4n) is 1.10. The Morgan fingerprint density at radius 2 is 1.58 bits per heavy atom. The summed E-state index contributed by atoms with van der Waals surface area (Å²) in [7, 11) is 0. The van der Waals surface area contributed by atoms with E-state index >= 15 is 0 Å². The molecule has 2 heteroatoms. The summed E-state index contributed by atoms with van der Waals surface area (Å²) in [6, 6.07) is 0. The topological polar surface area (TPSA) is 3.24 Å². The van der Waals surface area contributed by atoms with Gasteiger partial charge in [-0.2, -0.15) is 0 Å². The normalized spacial score (nSPS) is 9.83. The smallest absolute Gasteiger partial charge is 0.136 e. The van der Waals surface area contributed by atoms with Crippen molar-refractivity contribution in [2.75, 3.05) is 13.1 Å². The summed E-state index contributed by atoms with van der Waals surface area (Å²) < 4.78 is 0. The highest BCUT2D eigenvalue weighted by atomic mass is 32.1. The van der Waals surface area contributed by atoms with E-state index in [1.807, 2.05) is 0 Å². The average Bonchev–Trinajstić information content (AvgIpc) is 2.11. The molecule has 0 unspecified atom stereocenters. The van der Waals surface area contributed by atoms with Crippen molar-refractivity contribution < 1.29 is 0 Å². The SMILES string of the molecule is CCCCCN([C]=S)CCCC. The van der Waals surface area contributed by atoms with Gasteiger partial charge in [-0.1, -0.05) is 45.3 Å². The standard InChI is InChI=1S/C10H20NS/c1-3-5-7-9-11(10-12)8-6-4-2/h3-9H2,1-2H3. The lowest BCUT2D eigenvalue weighted by atomic mass is 10.2. The summed E-state index contributed by atoms with van der Waals surface area (Å²) in [5, 5.41) is 0. The average molecular weight is 186 g/mol. The molecule has 0 aromatic carbocycles. The van der Waals surface area contributed by atoms with Crippen LogP contribution >= 0.6 is 12.2 Å². The van der Waals surface area contributed by atoms with E-state index in [9.17, 15) is 0 Å². The summed E-state index contributed by atoms with van der Waals surface area (Å²) in [4.78, 5) is 2.13. The van der Waals surface area contributed by atoms with Crippen LogP contribution < -0.4 is 0 Å². The highest BCUT2D eigenvalue weighted by Crippen LogP contribution is 1.98. The van der Waals surface area contributed by atoms with E-state index < -0.39 is 0 Å². The molecule has 0 saturated heterocycles. The summed E-state index contributed by atoms with van der Waals surface area (Å²) in [5.74, 6) is 0. The van der Waals surface area contributed by atoms with Gasteiger partial charge in [0.25, 0.3) is 0 Å². The fraction of sp³-hybridized carbons (Fsp3) is 0.900. The predicted molar refractivity (Wildman–Crippen MR) is 58.6 cm³/mol. The highest BCUT2D eigenvalue weighted by Gasteiger charge is 1.97. The first-order chi connectivity index (χ1) is 5.85. The molecule has 0 aliphatic carbocycles. The summed E-state index contributed by atoms with van der Waals surface area (Å²) in [6.45, 7) is 6.60. The maximum absolute atomic E-state index is 4.81. The van der Waals surface area contributed by atoms with Crippen LogP contribution in [0.4, 0.5) is 0 Å². The number of unbranched alkanes of at least 4 members (excludes halogenated alkanes) is 3. The van der Waals surface area contributed by atoms with Crippen molar-refractivity contribution in [1.82, 2.24) is 4.90 Å². The Kier molecular flexibility index (Phi) is 8.90. The quantitative estimate of drug-likeness (QED) is 0.325. The summed E-state index contributed by atoms with van der Waals surface area (Å²) in [5.41, 5.74) is 2.81. The van der Waals surface area contributed by atoms with Crippen LogP contribution in [0.3, 0.4) is 0 Å². The lowest BCUT2D eigenvalue weighted by Gasteiger charge is -2.16. The van der Waals surface area contributed by atoms with Crippen molar-refractivity contribution in [3.8, 4) is 0 Å². The van der Waals surface area contributed by atoms with Gasteiger partial charge in [-0.15, -0.1) is 0 Å². The lowest BCUT2D eigenvalue weighted by molar-refractivity contribution is 0.409. The van der Waals surface area contributed by atoms with Crippen molar-refractivity contribution in [3.63, 3.8) is 0 Å². The number of rotatable bonds is 8. The fourth-order valence-corrected chi connectivity index (χ4v) is 1.29. The first-order valence-corrected chi connectivity index (χ1v) is 5.38. The van der Waals surface area contributed by atoms with Crippen molar-refractivity contribution in [2.24, 2.45) is 0 Å². The predicted octanol–water partition coefficient (Wildman–Crippen LogP) is 3.11. The Labute approximate surface area is 82.1 Å². The van der Waals surface area contributed by atoms with Crippen LogP contribution in [-0.2, 0) is 0 Å². The maximum atomic E-state index is 4.81. The molecule has 0 atom stereocenters. The third-order valence-corrected chi connectivity index (χ3v) is 2.20. The van der Waals surface area contributed by atoms with E-state index in [2.05, 4.69) is 24.2 Å². The van der Waals surface area contributed by atoms with E-state index in [1.165, 1.54) is 32.1 Å². The highest BCUT2D eigenvalue weighted by molar-refractivity contribution is 7.78. The van der Waals surface area contributed by atoms with Crippen molar-refractivity contribution in [2.45, 2.75) is 46.0 Å². The zero-order valence-electron chi connectivity index (χ0n) is 8.31. The van der Waals surface area contributed by atoms with Crippen molar-refractivity contribution in [1.29, 1.82) is 0 Å². The van der Waals surface area contributed by atoms with Gasteiger partial charge >= 0.3 is 0 Å². The van der Waals surface area contributed by atoms with Crippen LogP contribution in [0.1, 0.15) is 46.0 Å². The van der Waals surface area contributed by atoms with Crippen LogP contribution in [0.15, 0.2) is 0 Å². The molecule has 0 aromatic rings. The van der Waals surface area contributed by atoms with Gasteiger partial charge in [0.15, 0.2) is 0 Å². The number of hydrogen-bond donors (Lipinski definition) is 0. The molecule has 0 spiro atoms. The molecule has 0 amide bonds. The molecule has 0 aliphatic rings. The Morgan fingerprint density at radius 1 is 1.00 bits per heavy atom. The minimum atomic E-state index is 1.09. The third kappa shape index (κ3) is 6.59. The Balaban J connectivity index is 3.32. The van der Waals surface area contributed by atoms with E-state index in [4.69, 9.17) is 12.2 Å². The lowest BCUT2D eigenvalue weighted by Crippen LogP contribution is -2.23. The molecule has 0 aromatic heterocycles. The molecule has 1 nitrogen and oxygen atoms in total. The van der Waals surface area contributed by atoms with Crippen LogP contribution in [0.2, 0.25) is 0 Å². The molecule has 0 N–H and O–H groups in total. The zero-order valence-corrected chi connectivity index (χ0v) is 9.12. The molecule has 0 heterocycles. The molecule has 0 saturated carbocycles. The third-order valence-electron chi connectivity index (χ3n) is 1.94. The molecular weight excluding hydrogens is 166 g/mol. The van der Waals surface area contributed by atoms with Gasteiger partial charge in [-0.25, -0.2) is 0 Å². The Hall–Kier alpha value is -0.110. The first kappa shape index (κ1) is 11.9. The van der Waals surface area contributed by atoms with Crippen LogP contribution in [0.25, 0.3) is 0 Å². The van der Waals surface area contributed by atoms with Crippen LogP contribution in [0.5, 0.6) is 0 Å². The second-order valence-corrected chi connectivity index (χ2v) is 3.32. The number of thiocarbonyl (C=S) groups is 1. The first-order valence-electron chi connectivity index (χ1n) is 4.97. The maximum Gasteiger partial charge on any atom is 0.136 e. The van der Waals surface area contributed by atoms with E-state index in [-0.39, 0.29) is 0 Å². The molecule has 0 bridgehead atoms. The Bertz CT molecular complexity index is 104. The number of nitrogens with zero attached hydrogens (tertiary/aromatic N) is 1. The van der Waals surface area contributed by atoms with E-state index in [1.54, 1.807) is 0 Å². The minimum absolute atomic E-state index is 1.09. The van der Waals surface area contributed by atoms with Gasteiger partial charge in [0.2, 0.25) is 0 Å². The molecule has 1 radical (unpaired) electrons. The molecular formula is C10H20NS. The van der Waals surface area contributed by atoms with Gasteiger partial charge < -0.3 is 4.90 Å². The summed E-state index contributed by atoms with van der Waals surface area (Å²) >= 11 is 4.81. The van der Waals surface area contributed by atoms with Gasteiger partial charge in [0, 0.05) is 13.1 Å². The van der Waals surface area contributed by atoms with Gasteiger partial charge in [0.05, 0.1) is 0 Å². The van der Waals surface area contributed by atoms with Crippen molar-refractivity contribution >= 4 is 17.7 Å². The van der Waals surface area contributed by atoms with E-state index in [0.29, 0.717) is 0 Å². The Morgan fingerprint density at radius 3 is 2.08 bits per heavy atom. The zero-order chi connectivity index (χ0) is 9.23. The summed E-state index contributed by atoms with van der Waals surface area (Å²) in [6.07, 6.45) is 6.31. The number of hydrogen-bond acceptors (Lipinski definition) is 1. The molecule has 0 rings (SSSR count). The van der Waals surface area contributed by atoms with Gasteiger partial charge in [-0.3, -0.25) is 0 Å². The monoisotopic (exact) mass is 186 g/mol. The second-order valence-electron chi connectivity index (χ2n) is 3.14. The molecule has 0 fully saturated rings. The van der Waals surface area contributed by atoms with Crippen molar-refractivity contribution in [3.05, 3.63) is 0 Å². The van der Waals surface area contributed by atoms with Gasteiger partial charge in [-0.05, 0) is 12.8 Å². The van der Waals surface area contributed by atoms with Gasteiger partial charge in [0.1, 0.15) is 5.49 Å². The molecule has 0 aliphatic heterocycles. The largest absolute Gasteiger partial charge is 0.360 e. The second kappa shape index (κ2) is 8.98.